The van der Waals surface area contributed by atoms with Crippen molar-refractivity contribution in [2.75, 3.05) is 0 Å². The maximum Gasteiger partial charge on any atom is 0.295 e. The predicted octanol–water partition coefficient (Wildman–Crippen LogP) is 5.68. The van der Waals surface area contributed by atoms with E-state index < -0.39 is 10.1 Å². The second-order valence-electron chi connectivity index (χ2n) is 7.06. The molecule has 0 atom stereocenters. The Hall–Kier alpha value is -0.580. The van der Waals surface area contributed by atoms with Gasteiger partial charge in [0.25, 0.3) is 10.1 Å². The monoisotopic (exact) mass is 356 g/mol. The molecule has 1 aromatic carbocycles. The Balaban J connectivity index is 2.12. The van der Waals surface area contributed by atoms with Crippen LogP contribution in [-0.4, -0.2) is 13.0 Å². The zero-order chi connectivity index (χ0) is 16.4. The number of hydrogen-bond donors (Lipinski definition) is 1. The van der Waals surface area contributed by atoms with Crippen molar-refractivity contribution < 1.29 is 13.0 Å². The number of rotatable bonds is 3. The van der Waals surface area contributed by atoms with Crippen molar-refractivity contribution in [3.63, 3.8) is 0 Å². The molecule has 0 saturated heterocycles. The average molecular weight is 357 g/mol. The topological polar surface area (TPSA) is 54.4 Å². The lowest BCUT2D eigenvalue weighted by molar-refractivity contribution is 0.419. The summed E-state index contributed by atoms with van der Waals surface area (Å²) in [6.45, 7) is 0. The summed E-state index contributed by atoms with van der Waals surface area (Å²) >= 11 is 6.33. The molecule has 23 heavy (non-hydrogen) atoms. The van der Waals surface area contributed by atoms with E-state index in [0.29, 0.717) is 5.02 Å². The Labute approximate surface area is 144 Å². The molecule has 5 heteroatoms. The largest absolute Gasteiger partial charge is 0.295 e. The number of halogens is 1. The maximum atomic E-state index is 12.2. The maximum absolute atomic E-state index is 12.2. The molecule has 2 fully saturated rings. The molecule has 0 unspecified atom stereocenters. The Morgan fingerprint density at radius 2 is 1.22 bits per heavy atom. The van der Waals surface area contributed by atoms with Gasteiger partial charge >= 0.3 is 0 Å². The highest BCUT2D eigenvalue weighted by Gasteiger charge is 2.30. The minimum absolute atomic E-state index is 0.167. The molecule has 0 aromatic heterocycles. The molecule has 2 aliphatic rings. The summed E-state index contributed by atoms with van der Waals surface area (Å²) in [5.41, 5.74) is 1.50. The van der Waals surface area contributed by atoms with E-state index in [1.165, 1.54) is 12.8 Å². The van der Waals surface area contributed by atoms with Crippen molar-refractivity contribution in [2.45, 2.75) is 80.9 Å². The summed E-state index contributed by atoms with van der Waals surface area (Å²) in [7, 11) is -4.24. The van der Waals surface area contributed by atoms with Gasteiger partial charge in [-0.25, -0.2) is 0 Å². The summed E-state index contributed by atoms with van der Waals surface area (Å²) < 4.78 is 34.3. The van der Waals surface area contributed by atoms with Gasteiger partial charge in [0.1, 0.15) is 4.90 Å². The first-order valence-electron chi connectivity index (χ1n) is 8.77. The normalized spacial score (nSPS) is 21.5. The molecule has 0 heterocycles. The molecular formula is C18H25ClO3S. The molecule has 0 bridgehead atoms. The fourth-order valence-electron chi connectivity index (χ4n) is 4.37. The van der Waals surface area contributed by atoms with Gasteiger partial charge in [-0.15, -0.1) is 0 Å². The van der Waals surface area contributed by atoms with Gasteiger partial charge in [0, 0.05) is 5.02 Å². The first-order valence-corrected chi connectivity index (χ1v) is 10.6. The van der Waals surface area contributed by atoms with Crippen LogP contribution in [0.15, 0.2) is 17.0 Å². The summed E-state index contributed by atoms with van der Waals surface area (Å²) in [6.07, 6.45) is 10.8. The van der Waals surface area contributed by atoms with E-state index in [1.54, 1.807) is 12.1 Å². The van der Waals surface area contributed by atoms with Crippen molar-refractivity contribution in [1.82, 2.24) is 0 Å². The van der Waals surface area contributed by atoms with E-state index >= 15 is 0 Å². The molecular weight excluding hydrogens is 332 g/mol. The Morgan fingerprint density at radius 3 is 1.57 bits per heavy atom. The Morgan fingerprint density at radius 1 is 0.826 bits per heavy atom. The predicted molar refractivity (Wildman–Crippen MR) is 92.9 cm³/mol. The Kier molecular flexibility index (Phi) is 5.34. The van der Waals surface area contributed by atoms with Gasteiger partial charge in [-0.1, -0.05) is 50.1 Å². The third kappa shape index (κ3) is 3.92. The van der Waals surface area contributed by atoms with Gasteiger partial charge in [0.05, 0.1) is 0 Å². The third-order valence-corrected chi connectivity index (χ3v) is 6.66. The lowest BCUT2D eigenvalue weighted by Gasteiger charge is -2.28. The van der Waals surface area contributed by atoms with E-state index in [1.807, 2.05) is 0 Å². The van der Waals surface area contributed by atoms with Crippen LogP contribution in [0.4, 0.5) is 0 Å². The van der Waals surface area contributed by atoms with Crippen LogP contribution in [0.1, 0.15) is 87.2 Å². The van der Waals surface area contributed by atoms with Crippen molar-refractivity contribution in [3.05, 3.63) is 28.3 Å². The fourth-order valence-corrected chi connectivity index (χ4v) is 5.65. The lowest BCUT2D eigenvalue weighted by atomic mass is 9.80. The van der Waals surface area contributed by atoms with E-state index in [0.717, 1.165) is 62.5 Å². The molecule has 1 N–H and O–H groups in total. The fraction of sp³-hybridized carbons (Fsp3) is 0.667. The molecule has 0 amide bonds. The third-order valence-electron chi connectivity index (χ3n) is 5.46. The average Bonchev–Trinajstić information content (AvgIpc) is 2.54. The van der Waals surface area contributed by atoms with E-state index in [-0.39, 0.29) is 16.7 Å². The molecule has 0 radical (unpaired) electrons. The van der Waals surface area contributed by atoms with Crippen LogP contribution in [-0.2, 0) is 10.1 Å². The molecule has 2 aliphatic carbocycles. The summed E-state index contributed by atoms with van der Waals surface area (Å²) in [6, 6.07) is 3.54. The lowest BCUT2D eigenvalue weighted by Crippen LogP contribution is -2.16. The zero-order valence-electron chi connectivity index (χ0n) is 13.4. The SMILES string of the molecule is O=S(=O)(O)c1c(C2CCCCC2)cc(Cl)cc1C1CCCCC1. The standard InChI is InChI=1S/C18H25ClO3S/c19-15-11-16(13-7-3-1-4-8-13)18(23(20,21)22)17(12-15)14-9-5-2-6-10-14/h11-14H,1-10H2,(H,20,21,22). The number of benzene rings is 1. The van der Waals surface area contributed by atoms with Crippen LogP contribution >= 0.6 is 11.6 Å². The van der Waals surface area contributed by atoms with Crippen LogP contribution in [0.3, 0.4) is 0 Å². The van der Waals surface area contributed by atoms with Crippen LogP contribution in [0.5, 0.6) is 0 Å². The molecule has 1 aromatic rings. The van der Waals surface area contributed by atoms with Crippen molar-refractivity contribution in [1.29, 1.82) is 0 Å². The second kappa shape index (κ2) is 7.12. The molecule has 2 saturated carbocycles. The van der Waals surface area contributed by atoms with Crippen molar-refractivity contribution in [2.24, 2.45) is 0 Å². The molecule has 0 spiro atoms. The van der Waals surface area contributed by atoms with Crippen LogP contribution in [0, 0.1) is 0 Å². The van der Waals surface area contributed by atoms with Gasteiger partial charge in [0.2, 0.25) is 0 Å². The van der Waals surface area contributed by atoms with Crippen LogP contribution in [0.25, 0.3) is 0 Å². The van der Waals surface area contributed by atoms with Gasteiger partial charge in [-0.05, 0) is 60.8 Å². The smallest absolute Gasteiger partial charge is 0.282 e. The van der Waals surface area contributed by atoms with Gasteiger partial charge in [0.15, 0.2) is 0 Å². The highest BCUT2D eigenvalue weighted by Crippen LogP contribution is 2.43. The van der Waals surface area contributed by atoms with Gasteiger partial charge in [-0.2, -0.15) is 8.42 Å². The van der Waals surface area contributed by atoms with E-state index in [2.05, 4.69) is 0 Å². The minimum Gasteiger partial charge on any atom is -0.282 e. The number of hydrogen-bond acceptors (Lipinski definition) is 2. The summed E-state index contributed by atoms with van der Waals surface area (Å²) in [5.74, 6) is 0.392. The van der Waals surface area contributed by atoms with Crippen molar-refractivity contribution >= 4 is 21.7 Å². The van der Waals surface area contributed by atoms with Gasteiger partial charge < -0.3 is 0 Å². The first kappa shape index (κ1) is 17.2. The molecule has 128 valence electrons. The van der Waals surface area contributed by atoms with Crippen molar-refractivity contribution in [3.8, 4) is 0 Å². The zero-order valence-corrected chi connectivity index (χ0v) is 15.0. The van der Waals surface area contributed by atoms with Gasteiger partial charge in [-0.3, -0.25) is 4.55 Å². The quantitative estimate of drug-likeness (QED) is 0.708. The minimum atomic E-state index is -4.24. The van der Waals surface area contributed by atoms with Crippen LogP contribution in [0.2, 0.25) is 5.02 Å². The van der Waals surface area contributed by atoms with E-state index in [4.69, 9.17) is 11.6 Å². The molecule has 3 nitrogen and oxygen atoms in total. The molecule has 0 aliphatic heterocycles. The Bertz CT molecular complexity index is 618. The highest BCUT2D eigenvalue weighted by atomic mass is 35.5. The summed E-state index contributed by atoms with van der Waals surface area (Å²) in [5, 5.41) is 0.596. The molecule has 3 rings (SSSR count). The second-order valence-corrected chi connectivity index (χ2v) is 8.85. The van der Waals surface area contributed by atoms with Crippen LogP contribution < -0.4 is 0 Å². The highest BCUT2D eigenvalue weighted by molar-refractivity contribution is 7.86. The van der Waals surface area contributed by atoms with E-state index in [9.17, 15) is 13.0 Å². The first-order chi connectivity index (χ1) is 11.0. The summed E-state index contributed by atoms with van der Waals surface area (Å²) in [4.78, 5) is 0.167.